The minimum Gasteiger partial charge on any atom is -0.337 e. The van der Waals surface area contributed by atoms with Gasteiger partial charge in [0.2, 0.25) is 5.91 Å². The number of imidazole rings is 1. The summed E-state index contributed by atoms with van der Waals surface area (Å²) in [5, 5.41) is 3.67. The molecule has 1 N–H and O–H groups in total. The first-order valence-corrected chi connectivity index (χ1v) is 15.2. The van der Waals surface area contributed by atoms with Crippen LogP contribution in [0.2, 0.25) is 5.02 Å². The first-order valence-electron chi connectivity index (χ1n) is 14.8. The Kier molecular flexibility index (Phi) is 8.04. The van der Waals surface area contributed by atoms with E-state index in [0.29, 0.717) is 36.2 Å². The van der Waals surface area contributed by atoms with Gasteiger partial charge in [0.1, 0.15) is 5.82 Å². The van der Waals surface area contributed by atoms with Gasteiger partial charge in [-0.1, -0.05) is 29.8 Å². The molecule has 2 fully saturated rings. The van der Waals surface area contributed by atoms with E-state index in [1.165, 1.54) is 18.5 Å². The summed E-state index contributed by atoms with van der Waals surface area (Å²) in [6.07, 6.45) is 6.52. The lowest BCUT2D eigenvalue weighted by Gasteiger charge is -2.41. The summed E-state index contributed by atoms with van der Waals surface area (Å²) in [6, 6.07) is 18.5. The molecule has 1 unspecified atom stereocenters. The van der Waals surface area contributed by atoms with Crippen LogP contribution in [0.4, 0.5) is 16.2 Å². The average Bonchev–Trinajstić information content (AvgIpc) is 3.42. The Bertz CT molecular complexity index is 1380. The Morgan fingerprint density at radius 3 is 2.41 bits per heavy atom. The SMILES string of the molecule is CC(=O)N1CCc2c(nc(C)n2C2C[C@H]3CC[C@@H](C2)N3CCCN(C(=O)Nc2ccc(Cl)cc2)c2ccccc2)C1. The second-order valence-electron chi connectivity index (χ2n) is 11.6. The normalized spacial score (nSPS) is 21.9. The molecule has 216 valence electrons. The number of nitrogens with one attached hydrogen (secondary N) is 1. The first kappa shape index (κ1) is 27.8. The Morgan fingerprint density at radius 1 is 1.02 bits per heavy atom. The summed E-state index contributed by atoms with van der Waals surface area (Å²) in [6.45, 7) is 6.81. The maximum atomic E-state index is 13.3. The van der Waals surface area contributed by atoms with Crippen LogP contribution in [0.5, 0.6) is 0 Å². The molecule has 9 heteroatoms. The van der Waals surface area contributed by atoms with Gasteiger partial charge < -0.3 is 14.8 Å². The standard InChI is InChI=1S/C32H39ClN6O2/c1-22-34-30-21-36(23(2)40)18-15-31(30)39(22)29-19-27-13-14-28(20-29)37(27)16-6-17-38(26-7-4-3-5-8-26)32(41)35-25-11-9-24(33)10-12-25/h3-5,7-12,27-29H,6,13-21H2,1-2H3,(H,35,41)/t27-,28+,29?. The number of hydrogen-bond acceptors (Lipinski definition) is 4. The van der Waals surface area contributed by atoms with E-state index in [1.54, 1.807) is 19.1 Å². The number of carbonyl (C=O) groups is 2. The van der Waals surface area contributed by atoms with Crippen LogP contribution in [-0.4, -0.2) is 63.0 Å². The van der Waals surface area contributed by atoms with E-state index in [4.69, 9.17) is 16.6 Å². The van der Waals surface area contributed by atoms with Gasteiger partial charge >= 0.3 is 6.03 Å². The molecule has 4 heterocycles. The minimum absolute atomic E-state index is 0.127. The number of aryl methyl sites for hydroxylation is 1. The van der Waals surface area contributed by atoms with Gasteiger partial charge in [0.15, 0.2) is 0 Å². The van der Waals surface area contributed by atoms with E-state index in [2.05, 4.69) is 21.7 Å². The molecule has 41 heavy (non-hydrogen) atoms. The van der Waals surface area contributed by atoms with Crippen molar-refractivity contribution in [2.75, 3.05) is 29.9 Å². The molecule has 0 saturated carbocycles. The van der Waals surface area contributed by atoms with Crippen molar-refractivity contribution in [3.63, 3.8) is 0 Å². The van der Waals surface area contributed by atoms with Gasteiger partial charge in [0, 0.05) is 73.2 Å². The molecule has 8 nitrogen and oxygen atoms in total. The lowest BCUT2D eigenvalue weighted by Crippen LogP contribution is -2.45. The van der Waals surface area contributed by atoms with Crippen LogP contribution >= 0.6 is 11.6 Å². The van der Waals surface area contributed by atoms with Crippen molar-refractivity contribution in [2.24, 2.45) is 0 Å². The van der Waals surface area contributed by atoms with Gasteiger partial charge in [-0.25, -0.2) is 9.78 Å². The minimum atomic E-state index is -0.135. The quantitative estimate of drug-likeness (QED) is 0.373. The van der Waals surface area contributed by atoms with Crippen molar-refractivity contribution in [3.8, 4) is 0 Å². The molecule has 3 aliphatic heterocycles. The van der Waals surface area contributed by atoms with Crippen LogP contribution in [0.3, 0.4) is 0 Å². The fourth-order valence-corrected chi connectivity index (χ4v) is 7.33. The second-order valence-corrected chi connectivity index (χ2v) is 12.1. The molecule has 2 aromatic carbocycles. The zero-order valence-electron chi connectivity index (χ0n) is 23.9. The molecule has 3 amide bonds. The number of carbonyl (C=O) groups excluding carboxylic acids is 2. The number of amides is 3. The highest BCUT2D eigenvalue weighted by Gasteiger charge is 2.42. The van der Waals surface area contributed by atoms with Crippen LogP contribution in [-0.2, 0) is 17.8 Å². The third-order valence-electron chi connectivity index (χ3n) is 9.10. The Labute approximate surface area is 247 Å². The molecule has 1 aromatic heterocycles. The fraction of sp³-hybridized carbons (Fsp3) is 0.469. The monoisotopic (exact) mass is 574 g/mol. The zero-order chi connectivity index (χ0) is 28.5. The number of halogens is 1. The molecule has 6 rings (SSSR count). The summed E-state index contributed by atoms with van der Waals surface area (Å²) in [5.74, 6) is 1.21. The molecule has 2 bridgehead atoms. The molecule has 3 aromatic rings. The molecule has 0 radical (unpaired) electrons. The van der Waals surface area contributed by atoms with E-state index < -0.39 is 0 Å². The molecular formula is C32H39ClN6O2. The summed E-state index contributed by atoms with van der Waals surface area (Å²) in [5.41, 5.74) is 4.04. The molecule has 3 aliphatic rings. The van der Waals surface area contributed by atoms with Crippen molar-refractivity contribution in [1.29, 1.82) is 0 Å². The van der Waals surface area contributed by atoms with E-state index in [0.717, 1.165) is 61.7 Å². The van der Waals surface area contributed by atoms with Crippen LogP contribution in [0.25, 0.3) is 0 Å². The highest BCUT2D eigenvalue weighted by Crippen LogP contribution is 2.42. The van der Waals surface area contributed by atoms with Crippen molar-refractivity contribution < 1.29 is 9.59 Å². The maximum Gasteiger partial charge on any atom is 0.326 e. The number of hydrogen-bond donors (Lipinski definition) is 1. The molecule has 0 spiro atoms. The van der Waals surface area contributed by atoms with Crippen molar-refractivity contribution in [3.05, 3.63) is 76.8 Å². The average molecular weight is 575 g/mol. The predicted molar refractivity (Wildman–Crippen MR) is 162 cm³/mol. The molecule has 3 atom stereocenters. The maximum absolute atomic E-state index is 13.3. The summed E-state index contributed by atoms with van der Waals surface area (Å²) in [4.78, 5) is 36.6. The van der Waals surface area contributed by atoms with Crippen molar-refractivity contribution >= 4 is 34.9 Å². The zero-order valence-corrected chi connectivity index (χ0v) is 24.7. The van der Waals surface area contributed by atoms with E-state index in [-0.39, 0.29) is 11.9 Å². The largest absolute Gasteiger partial charge is 0.337 e. The lowest BCUT2D eigenvalue weighted by molar-refractivity contribution is -0.129. The fourth-order valence-electron chi connectivity index (χ4n) is 7.21. The van der Waals surface area contributed by atoms with Gasteiger partial charge in [-0.3, -0.25) is 14.6 Å². The number of piperidine rings is 1. The van der Waals surface area contributed by atoms with Crippen LogP contribution < -0.4 is 10.2 Å². The smallest absolute Gasteiger partial charge is 0.326 e. The number of fused-ring (bicyclic) bond motifs is 3. The Morgan fingerprint density at radius 2 is 1.73 bits per heavy atom. The number of anilines is 2. The van der Waals surface area contributed by atoms with Gasteiger partial charge in [0.05, 0.1) is 12.2 Å². The predicted octanol–water partition coefficient (Wildman–Crippen LogP) is 6.05. The number of benzene rings is 2. The van der Waals surface area contributed by atoms with E-state index in [9.17, 15) is 9.59 Å². The van der Waals surface area contributed by atoms with Crippen molar-refractivity contribution in [2.45, 2.75) is 77.0 Å². The highest BCUT2D eigenvalue weighted by atomic mass is 35.5. The van der Waals surface area contributed by atoms with E-state index in [1.807, 2.05) is 52.3 Å². The van der Waals surface area contributed by atoms with Gasteiger partial charge in [-0.05, 0) is 75.4 Å². The third kappa shape index (κ3) is 5.86. The van der Waals surface area contributed by atoms with Crippen molar-refractivity contribution in [1.82, 2.24) is 19.4 Å². The highest BCUT2D eigenvalue weighted by molar-refractivity contribution is 6.30. The number of para-hydroxylation sites is 1. The van der Waals surface area contributed by atoms with Crippen LogP contribution in [0.15, 0.2) is 54.6 Å². The Hall–Kier alpha value is -3.36. The molecule has 2 saturated heterocycles. The van der Waals surface area contributed by atoms with E-state index >= 15 is 0 Å². The summed E-state index contributed by atoms with van der Waals surface area (Å²) in [7, 11) is 0. The van der Waals surface area contributed by atoms with Crippen LogP contribution in [0.1, 0.15) is 62.3 Å². The summed E-state index contributed by atoms with van der Waals surface area (Å²) < 4.78 is 2.51. The lowest BCUT2D eigenvalue weighted by atomic mass is 9.95. The second kappa shape index (κ2) is 11.9. The molecular weight excluding hydrogens is 536 g/mol. The van der Waals surface area contributed by atoms with Gasteiger partial charge in [-0.15, -0.1) is 0 Å². The first-order chi connectivity index (χ1) is 19.9. The van der Waals surface area contributed by atoms with Crippen LogP contribution in [0, 0.1) is 6.92 Å². The third-order valence-corrected chi connectivity index (χ3v) is 9.36. The number of nitrogens with zero attached hydrogens (tertiary/aromatic N) is 5. The van der Waals surface area contributed by atoms with Gasteiger partial charge in [0.25, 0.3) is 0 Å². The number of urea groups is 1. The number of aromatic nitrogens is 2. The molecule has 0 aliphatic carbocycles. The summed E-state index contributed by atoms with van der Waals surface area (Å²) >= 11 is 6.02. The number of rotatable bonds is 7. The topological polar surface area (TPSA) is 73.7 Å². The Balaban J connectivity index is 1.10. The van der Waals surface area contributed by atoms with Gasteiger partial charge in [-0.2, -0.15) is 0 Å².